The topological polar surface area (TPSA) is 71.2 Å². The van der Waals surface area contributed by atoms with Gasteiger partial charge < -0.3 is 16.0 Å². The van der Waals surface area contributed by atoms with Gasteiger partial charge in [-0.1, -0.05) is 13.3 Å². The van der Waals surface area contributed by atoms with Crippen molar-refractivity contribution in [2.45, 2.75) is 32.6 Å². The minimum Gasteiger partial charge on any atom is -0.363 e. The summed E-state index contributed by atoms with van der Waals surface area (Å²) in [5.41, 5.74) is 6.30. The summed E-state index contributed by atoms with van der Waals surface area (Å²) in [6.07, 6.45) is 5.17. The molecule has 112 valence electrons. The third-order valence-corrected chi connectivity index (χ3v) is 3.42. The Balaban J connectivity index is 2.42. The average Bonchev–Trinajstić information content (AvgIpc) is 2.44. The number of carbonyl (C=O) groups excluding carboxylic acids is 1. The van der Waals surface area contributed by atoms with Gasteiger partial charge >= 0.3 is 0 Å². The Morgan fingerprint density at radius 2 is 2.15 bits per heavy atom. The smallest absolute Gasteiger partial charge is 0.224 e. The summed E-state index contributed by atoms with van der Waals surface area (Å²) in [5, 5.41) is 2.88. The Morgan fingerprint density at radius 3 is 2.65 bits per heavy atom. The highest BCUT2D eigenvalue weighted by Crippen LogP contribution is 2.16. The van der Waals surface area contributed by atoms with E-state index in [0.717, 1.165) is 30.8 Å². The van der Waals surface area contributed by atoms with Gasteiger partial charge in [-0.3, -0.25) is 4.79 Å². The Morgan fingerprint density at radius 1 is 1.40 bits per heavy atom. The van der Waals surface area contributed by atoms with E-state index in [1.54, 1.807) is 6.20 Å². The van der Waals surface area contributed by atoms with E-state index >= 15 is 0 Å². The van der Waals surface area contributed by atoms with Crippen LogP contribution < -0.4 is 16.0 Å². The van der Waals surface area contributed by atoms with Crippen LogP contribution in [0.3, 0.4) is 0 Å². The second-order valence-corrected chi connectivity index (χ2v) is 5.24. The molecule has 1 heterocycles. The van der Waals surface area contributed by atoms with Crippen LogP contribution in [0.1, 0.15) is 32.6 Å². The van der Waals surface area contributed by atoms with E-state index in [4.69, 9.17) is 5.73 Å². The van der Waals surface area contributed by atoms with Crippen LogP contribution in [0.5, 0.6) is 0 Å². The molecule has 3 N–H and O–H groups in total. The molecule has 0 aliphatic heterocycles. The van der Waals surface area contributed by atoms with Crippen molar-refractivity contribution in [2.75, 3.05) is 30.9 Å². The van der Waals surface area contributed by atoms with Crippen molar-refractivity contribution >= 4 is 17.4 Å². The van der Waals surface area contributed by atoms with Crippen LogP contribution in [0, 0.1) is 5.92 Å². The van der Waals surface area contributed by atoms with Crippen LogP contribution in [-0.4, -0.2) is 31.5 Å². The minimum absolute atomic E-state index is 0.0416. The van der Waals surface area contributed by atoms with Crippen molar-refractivity contribution in [1.82, 2.24) is 4.98 Å². The molecule has 0 spiro atoms. The maximum atomic E-state index is 11.9. The van der Waals surface area contributed by atoms with Crippen LogP contribution in [0.4, 0.5) is 11.5 Å². The number of rotatable bonds is 8. The summed E-state index contributed by atoms with van der Waals surface area (Å²) in [7, 11) is 3.87. The van der Waals surface area contributed by atoms with Crippen molar-refractivity contribution in [3.05, 3.63) is 18.3 Å². The molecule has 1 atom stereocenters. The fourth-order valence-corrected chi connectivity index (χ4v) is 2.07. The van der Waals surface area contributed by atoms with Crippen LogP contribution >= 0.6 is 0 Å². The lowest BCUT2D eigenvalue weighted by molar-refractivity contribution is -0.116. The summed E-state index contributed by atoms with van der Waals surface area (Å²) in [6, 6.07) is 3.76. The number of aromatic nitrogens is 1. The molecule has 0 radical (unpaired) electrons. The van der Waals surface area contributed by atoms with Gasteiger partial charge in [-0.05, 0) is 37.4 Å². The zero-order valence-corrected chi connectivity index (χ0v) is 12.7. The summed E-state index contributed by atoms with van der Waals surface area (Å²) in [5.74, 6) is 1.46. The zero-order valence-electron chi connectivity index (χ0n) is 12.7. The predicted octanol–water partition coefficient (Wildman–Crippen LogP) is 2.24. The van der Waals surface area contributed by atoms with Gasteiger partial charge in [0.15, 0.2) is 0 Å². The average molecular weight is 278 g/mol. The minimum atomic E-state index is 0.0416. The maximum absolute atomic E-state index is 11.9. The fraction of sp³-hybridized carbons (Fsp3) is 0.600. The number of pyridine rings is 1. The predicted molar refractivity (Wildman–Crippen MR) is 83.9 cm³/mol. The van der Waals surface area contributed by atoms with Crippen LogP contribution in [0.15, 0.2) is 18.3 Å². The molecule has 0 aromatic carbocycles. The molecule has 0 saturated carbocycles. The van der Waals surface area contributed by atoms with Gasteiger partial charge in [0.2, 0.25) is 5.91 Å². The standard InChI is InChI=1S/C15H26N4O/c1-4-12(9-10-16)5-8-15(20)18-13-6-7-14(17-11-13)19(2)3/h6-7,11-12H,4-5,8-10,16H2,1-3H3,(H,18,20). The summed E-state index contributed by atoms with van der Waals surface area (Å²) in [6.45, 7) is 2.83. The Labute approximate surface area is 121 Å². The van der Waals surface area contributed by atoms with Gasteiger partial charge in [-0.25, -0.2) is 4.98 Å². The first kappa shape index (κ1) is 16.4. The molecule has 0 aliphatic rings. The van der Waals surface area contributed by atoms with Gasteiger partial charge in [-0.15, -0.1) is 0 Å². The Kier molecular flexibility index (Phi) is 7.01. The van der Waals surface area contributed by atoms with Crippen molar-refractivity contribution in [2.24, 2.45) is 11.7 Å². The molecule has 1 aromatic heterocycles. The van der Waals surface area contributed by atoms with Crippen LogP contribution in [-0.2, 0) is 4.79 Å². The molecule has 5 heteroatoms. The largest absolute Gasteiger partial charge is 0.363 e. The molecule has 0 aliphatic carbocycles. The molecule has 1 amide bonds. The third kappa shape index (κ3) is 5.57. The molecule has 0 saturated heterocycles. The van der Waals surface area contributed by atoms with E-state index in [-0.39, 0.29) is 5.91 Å². The van der Waals surface area contributed by atoms with Crippen molar-refractivity contribution < 1.29 is 4.79 Å². The van der Waals surface area contributed by atoms with E-state index in [9.17, 15) is 4.79 Å². The molecular weight excluding hydrogens is 252 g/mol. The number of amides is 1. The van der Waals surface area contributed by atoms with E-state index in [1.165, 1.54) is 0 Å². The fourth-order valence-electron chi connectivity index (χ4n) is 2.07. The van der Waals surface area contributed by atoms with E-state index in [2.05, 4.69) is 17.2 Å². The first-order valence-corrected chi connectivity index (χ1v) is 7.20. The lowest BCUT2D eigenvalue weighted by Gasteiger charge is -2.14. The van der Waals surface area contributed by atoms with Crippen LogP contribution in [0.2, 0.25) is 0 Å². The van der Waals surface area contributed by atoms with E-state index < -0.39 is 0 Å². The molecule has 0 bridgehead atoms. The molecule has 20 heavy (non-hydrogen) atoms. The Hall–Kier alpha value is -1.62. The third-order valence-electron chi connectivity index (χ3n) is 3.42. The second kappa shape index (κ2) is 8.53. The maximum Gasteiger partial charge on any atom is 0.224 e. The quantitative estimate of drug-likeness (QED) is 0.765. The summed E-state index contributed by atoms with van der Waals surface area (Å²) >= 11 is 0. The molecule has 1 unspecified atom stereocenters. The molecule has 1 aromatic rings. The summed E-state index contributed by atoms with van der Waals surface area (Å²) < 4.78 is 0. The van der Waals surface area contributed by atoms with Gasteiger partial charge in [0, 0.05) is 20.5 Å². The van der Waals surface area contributed by atoms with Crippen molar-refractivity contribution in [3.8, 4) is 0 Å². The highest BCUT2D eigenvalue weighted by molar-refractivity contribution is 5.90. The summed E-state index contributed by atoms with van der Waals surface area (Å²) in [4.78, 5) is 18.1. The van der Waals surface area contributed by atoms with E-state index in [1.807, 2.05) is 31.1 Å². The Bertz CT molecular complexity index is 403. The molecular formula is C15H26N4O. The van der Waals surface area contributed by atoms with Gasteiger partial charge in [-0.2, -0.15) is 0 Å². The number of anilines is 2. The van der Waals surface area contributed by atoms with Crippen molar-refractivity contribution in [3.63, 3.8) is 0 Å². The number of hydrogen-bond acceptors (Lipinski definition) is 4. The zero-order chi connectivity index (χ0) is 15.0. The van der Waals surface area contributed by atoms with Gasteiger partial charge in [0.1, 0.15) is 5.82 Å². The number of hydrogen-bond donors (Lipinski definition) is 2. The van der Waals surface area contributed by atoms with Gasteiger partial charge in [0.25, 0.3) is 0 Å². The number of carbonyl (C=O) groups is 1. The molecule has 0 fully saturated rings. The lowest BCUT2D eigenvalue weighted by Crippen LogP contribution is -2.15. The SMILES string of the molecule is CCC(CCN)CCC(=O)Nc1ccc(N(C)C)nc1. The van der Waals surface area contributed by atoms with Gasteiger partial charge in [0.05, 0.1) is 11.9 Å². The molecule has 1 rings (SSSR count). The first-order valence-electron chi connectivity index (χ1n) is 7.20. The lowest BCUT2D eigenvalue weighted by atomic mass is 9.96. The van der Waals surface area contributed by atoms with Crippen molar-refractivity contribution in [1.29, 1.82) is 0 Å². The highest BCUT2D eigenvalue weighted by atomic mass is 16.1. The van der Waals surface area contributed by atoms with E-state index in [0.29, 0.717) is 18.9 Å². The second-order valence-electron chi connectivity index (χ2n) is 5.24. The normalized spacial score (nSPS) is 12.0. The monoisotopic (exact) mass is 278 g/mol. The van der Waals surface area contributed by atoms with Crippen LogP contribution in [0.25, 0.3) is 0 Å². The number of nitrogens with one attached hydrogen (secondary N) is 1. The molecule has 5 nitrogen and oxygen atoms in total. The number of nitrogens with zero attached hydrogens (tertiary/aromatic N) is 2. The first-order chi connectivity index (χ1) is 9.56. The number of nitrogens with two attached hydrogens (primary N) is 1. The highest BCUT2D eigenvalue weighted by Gasteiger charge is 2.09.